The van der Waals surface area contributed by atoms with Crippen LogP contribution in [0.5, 0.6) is 5.75 Å². The average Bonchev–Trinajstić information content (AvgIpc) is 2.99. The normalized spacial score (nSPS) is 12.6. The van der Waals surface area contributed by atoms with Crippen molar-refractivity contribution in [1.29, 1.82) is 0 Å². The van der Waals surface area contributed by atoms with Crippen molar-refractivity contribution in [2.75, 3.05) is 4.90 Å². The standard InChI is InChI=1S/C21H12N2O6/c24-19-17-3-1-2-4-18(17)20(25)22(19)14-7-5-13(6-8-14)21(26)29-16-11-9-15(10-12-16)23(27)28/h1-12H. The van der Waals surface area contributed by atoms with Gasteiger partial charge in [-0.15, -0.1) is 0 Å². The van der Waals surface area contributed by atoms with E-state index in [0.29, 0.717) is 16.8 Å². The van der Waals surface area contributed by atoms with Crippen molar-refractivity contribution < 1.29 is 24.0 Å². The summed E-state index contributed by atoms with van der Waals surface area (Å²) in [5.41, 5.74) is 1.08. The third kappa shape index (κ3) is 3.23. The minimum absolute atomic E-state index is 0.116. The zero-order valence-corrected chi connectivity index (χ0v) is 14.8. The maximum atomic E-state index is 12.5. The molecule has 2 amide bonds. The lowest BCUT2D eigenvalue weighted by molar-refractivity contribution is -0.384. The summed E-state index contributed by atoms with van der Waals surface area (Å²) in [6, 6.07) is 17.5. The first-order valence-corrected chi connectivity index (χ1v) is 8.50. The third-order valence-electron chi connectivity index (χ3n) is 4.41. The molecule has 8 heteroatoms. The van der Waals surface area contributed by atoms with Crippen molar-refractivity contribution in [2.24, 2.45) is 0 Å². The van der Waals surface area contributed by atoms with Crippen molar-refractivity contribution in [1.82, 2.24) is 0 Å². The van der Waals surface area contributed by atoms with Crippen LogP contribution in [0.2, 0.25) is 0 Å². The van der Waals surface area contributed by atoms with Crippen LogP contribution in [0.3, 0.4) is 0 Å². The SMILES string of the molecule is O=C(Oc1ccc([N+](=O)[O-])cc1)c1ccc(N2C(=O)c3ccccc3C2=O)cc1. The molecule has 0 saturated heterocycles. The number of non-ortho nitro benzene ring substituents is 1. The highest BCUT2D eigenvalue weighted by molar-refractivity contribution is 6.34. The van der Waals surface area contributed by atoms with Crippen LogP contribution >= 0.6 is 0 Å². The summed E-state index contributed by atoms with van der Waals surface area (Å²) < 4.78 is 5.18. The summed E-state index contributed by atoms with van der Waals surface area (Å²) in [6.45, 7) is 0. The molecule has 3 aromatic rings. The van der Waals surface area contributed by atoms with E-state index in [9.17, 15) is 24.5 Å². The van der Waals surface area contributed by atoms with Gasteiger partial charge in [-0.1, -0.05) is 12.1 Å². The van der Waals surface area contributed by atoms with Gasteiger partial charge in [0.15, 0.2) is 0 Å². The smallest absolute Gasteiger partial charge is 0.343 e. The van der Waals surface area contributed by atoms with Crippen molar-refractivity contribution in [3.8, 4) is 5.75 Å². The Morgan fingerprint density at radius 1 is 0.828 bits per heavy atom. The number of esters is 1. The largest absolute Gasteiger partial charge is 0.423 e. The van der Waals surface area contributed by atoms with Gasteiger partial charge in [0.1, 0.15) is 5.75 Å². The van der Waals surface area contributed by atoms with Crippen LogP contribution in [0.4, 0.5) is 11.4 Å². The predicted octanol–water partition coefficient (Wildman–Crippen LogP) is 3.61. The van der Waals surface area contributed by atoms with Crippen molar-refractivity contribution in [3.05, 3.63) is 99.6 Å². The second-order valence-electron chi connectivity index (χ2n) is 6.18. The van der Waals surface area contributed by atoms with Crippen LogP contribution in [-0.2, 0) is 0 Å². The summed E-state index contributed by atoms with van der Waals surface area (Å²) >= 11 is 0. The second-order valence-corrected chi connectivity index (χ2v) is 6.18. The number of hydrogen-bond donors (Lipinski definition) is 0. The molecule has 0 aromatic heterocycles. The van der Waals surface area contributed by atoms with Crippen LogP contribution < -0.4 is 9.64 Å². The molecule has 29 heavy (non-hydrogen) atoms. The number of anilines is 1. The number of nitro benzene ring substituents is 1. The van der Waals surface area contributed by atoms with Gasteiger partial charge in [-0.25, -0.2) is 9.69 Å². The van der Waals surface area contributed by atoms with Crippen LogP contribution in [0, 0.1) is 10.1 Å². The van der Waals surface area contributed by atoms with E-state index >= 15 is 0 Å². The molecule has 0 fully saturated rings. The minimum Gasteiger partial charge on any atom is -0.423 e. The fourth-order valence-corrected chi connectivity index (χ4v) is 2.97. The summed E-state index contributed by atoms with van der Waals surface area (Å²) in [5, 5.41) is 10.7. The molecule has 0 aliphatic carbocycles. The number of carbonyl (C=O) groups excluding carboxylic acids is 3. The van der Waals surface area contributed by atoms with E-state index in [1.807, 2.05) is 0 Å². The first-order valence-electron chi connectivity index (χ1n) is 8.50. The summed E-state index contributed by atoms with van der Waals surface area (Å²) in [6.07, 6.45) is 0. The van der Waals surface area contributed by atoms with Crippen LogP contribution in [0.1, 0.15) is 31.1 Å². The third-order valence-corrected chi connectivity index (χ3v) is 4.41. The molecule has 0 spiro atoms. The molecule has 0 atom stereocenters. The van der Waals surface area contributed by atoms with Gasteiger partial charge in [0, 0.05) is 12.1 Å². The molecule has 8 nitrogen and oxygen atoms in total. The number of benzene rings is 3. The summed E-state index contributed by atoms with van der Waals surface area (Å²) in [5.74, 6) is -1.36. The van der Waals surface area contributed by atoms with E-state index in [4.69, 9.17) is 4.74 Å². The van der Waals surface area contributed by atoms with Crippen LogP contribution in [0.15, 0.2) is 72.8 Å². The molecular weight excluding hydrogens is 376 g/mol. The van der Waals surface area contributed by atoms with Gasteiger partial charge in [0.05, 0.1) is 27.3 Å². The van der Waals surface area contributed by atoms with E-state index in [1.165, 1.54) is 48.5 Å². The quantitative estimate of drug-likeness (QED) is 0.222. The van der Waals surface area contributed by atoms with Gasteiger partial charge in [-0.3, -0.25) is 19.7 Å². The summed E-state index contributed by atoms with van der Waals surface area (Å²) in [7, 11) is 0. The fourth-order valence-electron chi connectivity index (χ4n) is 2.97. The minimum atomic E-state index is -0.673. The number of amides is 2. The Balaban J connectivity index is 1.51. The Hall–Kier alpha value is -4.33. The molecule has 3 aromatic carbocycles. The molecule has 0 bridgehead atoms. The lowest BCUT2D eigenvalue weighted by Crippen LogP contribution is -2.29. The molecule has 142 valence electrons. The Morgan fingerprint density at radius 3 is 1.90 bits per heavy atom. The maximum absolute atomic E-state index is 12.5. The van der Waals surface area contributed by atoms with E-state index < -0.39 is 22.7 Å². The molecule has 0 unspecified atom stereocenters. The fraction of sp³-hybridized carbons (Fsp3) is 0. The molecule has 0 N–H and O–H groups in total. The zero-order valence-electron chi connectivity index (χ0n) is 14.8. The first kappa shape index (κ1) is 18.1. The number of nitro groups is 1. The average molecular weight is 388 g/mol. The van der Waals surface area contributed by atoms with Crippen LogP contribution in [-0.4, -0.2) is 22.7 Å². The van der Waals surface area contributed by atoms with Gasteiger partial charge in [0.2, 0.25) is 0 Å². The molecule has 1 aliphatic heterocycles. The van der Waals surface area contributed by atoms with Gasteiger partial charge in [0.25, 0.3) is 17.5 Å². The number of rotatable bonds is 4. The highest BCUT2D eigenvalue weighted by atomic mass is 16.6. The molecule has 0 saturated carbocycles. The monoisotopic (exact) mass is 388 g/mol. The Labute approximate surface area is 164 Å². The predicted molar refractivity (Wildman–Crippen MR) is 102 cm³/mol. The topological polar surface area (TPSA) is 107 Å². The molecule has 1 aliphatic rings. The van der Waals surface area contributed by atoms with Gasteiger partial charge in [-0.05, 0) is 48.5 Å². The van der Waals surface area contributed by atoms with Crippen molar-refractivity contribution in [2.45, 2.75) is 0 Å². The molecule has 0 radical (unpaired) electrons. The van der Waals surface area contributed by atoms with E-state index in [1.54, 1.807) is 24.3 Å². The maximum Gasteiger partial charge on any atom is 0.343 e. The van der Waals surface area contributed by atoms with Crippen LogP contribution in [0.25, 0.3) is 0 Å². The molecule has 1 heterocycles. The number of carbonyl (C=O) groups is 3. The van der Waals surface area contributed by atoms with Gasteiger partial charge in [-0.2, -0.15) is 0 Å². The number of hydrogen-bond acceptors (Lipinski definition) is 6. The lowest BCUT2D eigenvalue weighted by atomic mass is 10.1. The van der Waals surface area contributed by atoms with E-state index in [0.717, 1.165) is 4.90 Å². The molecule has 4 rings (SSSR count). The summed E-state index contributed by atoms with van der Waals surface area (Å²) in [4.78, 5) is 48.4. The number of fused-ring (bicyclic) bond motifs is 1. The zero-order chi connectivity index (χ0) is 20.5. The van der Waals surface area contributed by atoms with Gasteiger partial charge < -0.3 is 4.74 Å². The highest BCUT2D eigenvalue weighted by Gasteiger charge is 2.36. The number of ether oxygens (including phenoxy) is 1. The Morgan fingerprint density at radius 2 is 1.38 bits per heavy atom. The highest BCUT2D eigenvalue weighted by Crippen LogP contribution is 2.28. The lowest BCUT2D eigenvalue weighted by Gasteiger charge is -2.14. The Bertz CT molecular complexity index is 1120. The van der Waals surface area contributed by atoms with Gasteiger partial charge >= 0.3 is 5.97 Å². The Kier molecular flexibility index (Phi) is 4.36. The van der Waals surface area contributed by atoms with E-state index in [2.05, 4.69) is 0 Å². The van der Waals surface area contributed by atoms with Crippen molar-refractivity contribution >= 4 is 29.2 Å². The molecular formula is C21H12N2O6. The number of nitrogens with zero attached hydrogens (tertiary/aromatic N) is 2. The number of imide groups is 1. The second kappa shape index (κ2) is 7.01. The first-order chi connectivity index (χ1) is 14.0. The van der Waals surface area contributed by atoms with Crippen molar-refractivity contribution in [3.63, 3.8) is 0 Å². The van der Waals surface area contributed by atoms with E-state index in [-0.39, 0.29) is 17.0 Å².